The maximum atomic E-state index is 12.6. The fourth-order valence-electron chi connectivity index (χ4n) is 2.97. The predicted molar refractivity (Wildman–Crippen MR) is 89.4 cm³/mol. The summed E-state index contributed by atoms with van der Waals surface area (Å²) >= 11 is 1.12. The standard InChI is InChI=1S/C17H21NO4S/c1-10(17(21)22)18-16(20)15(9-23-11(2)19)14-8-7-12-5-3-4-6-13(12)14/h3-6,10,14-15H,7-9H2,1-2H3,(H,18,20)(H,21,22). The minimum absolute atomic E-state index is 0.0269. The number of hydrogen-bond acceptors (Lipinski definition) is 4. The van der Waals surface area contributed by atoms with Crippen LogP contribution < -0.4 is 5.32 Å². The van der Waals surface area contributed by atoms with Crippen molar-refractivity contribution < 1.29 is 19.5 Å². The van der Waals surface area contributed by atoms with Crippen LogP contribution >= 0.6 is 11.8 Å². The second-order valence-corrected chi connectivity index (χ2v) is 7.02. The molecule has 0 saturated carbocycles. The number of thioether (sulfide) groups is 1. The molecule has 0 saturated heterocycles. The van der Waals surface area contributed by atoms with Crippen LogP contribution in [-0.4, -0.2) is 33.9 Å². The van der Waals surface area contributed by atoms with Crippen molar-refractivity contribution in [1.82, 2.24) is 5.32 Å². The SMILES string of the molecule is CC(=O)SCC(C(=O)NC(C)C(=O)O)C1CCc2ccccc21. The van der Waals surface area contributed by atoms with Gasteiger partial charge in [0, 0.05) is 12.7 Å². The number of rotatable bonds is 6. The molecule has 124 valence electrons. The van der Waals surface area contributed by atoms with Crippen molar-refractivity contribution in [3.63, 3.8) is 0 Å². The van der Waals surface area contributed by atoms with E-state index in [0.29, 0.717) is 5.75 Å². The fourth-order valence-corrected chi connectivity index (χ4v) is 3.77. The van der Waals surface area contributed by atoms with Gasteiger partial charge in [0.25, 0.3) is 0 Å². The van der Waals surface area contributed by atoms with Crippen molar-refractivity contribution in [1.29, 1.82) is 0 Å². The van der Waals surface area contributed by atoms with Crippen LogP contribution in [0.2, 0.25) is 0 Å². The number of aryl methyl sites for hydroxylation is 1. The molecular weight excluding hydrogens is 314 g/mol. The lowest BCUT2D eigenvalue weighted by atomic mass is 9.87. The van der Waals surface area contributed by atoms with Crippen LogP contribution in [0.4, 0.5) is 0 Å². The van der Waals surface area contributed by atoms with Crippen molar-refractivity contribution in [3.05, 3.63) is 35.4 Å². The summed E-state index contributed by atoms with van der Waals surface area (Å²) in [6.07, 6.45) is 1.75. The topological polar surface area (TPSA) is 83.5 Å². The molecule has 3 atom stereocenters. The van der Waals surface area contributed by atoms with E-state index in [1.54, 1.807) is 0 Å². The molecule has 0 fully saturated rings. The first-order chi connectivity index (χ1) is 10.9. The number of nitrogens with one attached hydrogen (secondary N) is 1. The lowest BCUT2D eigenvalue weighted by molar-refractivity contribution is -0.141. The van der Waals surface area contributed by atoms with Crippen LogP contribution in [-0.2, 0) is 20.8 Å². The second kappa shape index (κ2) is 7.64. The van der Waals surface area contributed by atoms with E-state index in [1.807, 2.05) is 18.2 Å². The maximum Gasteiger partial charge on any atom is 0.325 e. The van der Waals surface area contributed by atoms with Gasteiger partial charge in [0.2, 0.25) is 5.91 Å². The Bertz CT molecular complexity index is 616. The van der Waals surface area contributed by atoms with Gasteiger partial charge in [-0.2, -0.15) is 0 Å². The summed E-state index contributed by atoms with van der Waals surface area (Å²) in [4.78, 5) is 34.8. The largest absolute Gasteiger partial charge is 0.480 e. The summed E-state index contributed by atoms with van der Waals surface area (Å²) in [6.45, 7) is 2.92. The van der Waals surface area contributed by atoms with Gasteiger partial charge in [0.1, 0.15) is 6.04 Å². The summed E-state index contributed by atoms with van der Waals surface area (Å²) in [5.74, 6) is -1.38. The van der Waals surface area contributed by atoms with Gasteiger partial charge in [-0.1, -0.05) is 36.0 Å². The Labute approximate surface area is 139 Å². The van der Waals surface area contributed by atoms with Gasteiger partial charge in [-0.05, 0) is 36.8 Å². The highest BCUT2D eigenvalue weighted by Crippen LogP contribution is 2.39. The Morgan fingerprint density at radius 3 is 2.70 bits per heavy atom. The molecule has 1 aromatic rings. The Morgan fingerprint density at radius 2 is 2.04 bits per heavy atom. The molecule has 0 bridgehead atoms. The van der Waals surface area contributed by atoms with Gasteiger partial charge >= 0.3 is 5.97 Å². The third-order valence-electron chi connectivity index (χ3n) is 4.20. The van der Waals surface area contributed by atoms with Gasteiger partial charge in [0.05, 0.1) is 5.92 Å². The molecule has 1 amide bonds. The zero-order chi connectivity index (χ0) is 17.0. The molecular formula is C17H21NO4S. The highest BCUT2D eigenvalue weighted by molar-refractivity contribution is 8.13. The smallest absolute Gasteiger partial charge is 0.325 e. The van der Waals surface area contributed by atoms with Crippen molar-refractivity contribution in [2.75, 3.05) is 5.75 Å². The molecule has 1 aliphatic carbocycles. The van der Waals surface area contributed by atoms with Crippen molar-refractivity contribution >= 4 is 28.8 Å². The van der Waals surface area contributed by atoms with E-state index in [9.17, 15) is 14.4 Å². The van der Waals surface area contributed by atoms with E-state index >= 15 is 0 Å². The number of aliphatic carboxylic acids is 1. The van der Waals surface area contributed by atoms with Crippen LogP contribution in [0.25, 0.3) is 0 Å². The molecule has 2 N–H and O–H groups in total. The monoisotopic (exact) mass is 335 g/mol. The van der Waals surface area contributed by atoms with Gasteiger partial charge < -0.3 is 10.4 Å². The highest BCUT2D eigenvalue weighted by atomic mass is 32.2. The Balaban J connectivity index is 2.19. The molecule has 5 nitrogen and oxygen atoms in total. The number of carbonyl (C=O) groups is 3. The Morgan fingerprint density at radius 1 is 1.35 bits per heavy atom. The molecule has 0 spiro atoms. The molecule has 1 aliphatic rings. The first-order valence-corrected chi connectivity index (χ1v) is 8.63. The summed E-state index contributed by atoms with van der Waals surface area (Å²) in [6, 6.07) is 7.07. The molecule has 0 radical (unpaired) electrons. The third-order valence-corrected chi connectivity index (χ3v) is 5.13. The Hall–Kier alpha value is -1.82. The molecule has 6 heteroatoms. The lowest BCUT2D eigenvalue weighted by Gasteiger charge is -2.24. The molecule has 3 unspecified atom stereocenters. The minimum Gasteiger partial charge on any atom is -0.480 e. The number of carboxylic acid groups (broad SMARTS) is 1. The van der Waals surface area contributed by atoms with Gasteiger partial charge in [-0.15, -0.1) is 0 Å². The van der Waals surface area contributed by atoms with Crippen LogP contribution in [0.1, 0.15) is 37.3 Å². The first-order valence-electron chi connectivity index (χ1n) is 7.64. The van der Waals surface area contributed by atoms with Gasteiger partial charge in [-0.25, -0.2) is 0 Å². The van der Waals surface area contributed by atoms with Crippen molar-refractivity contribution in [2.45, 2.75) is 38.6 Å². The summed E-state index contributed by atoms with van der Waals surface area (Å²) in [7, 11) is 0. The second-order valence-electron chi connectivity index (χ2n) is 5.82. The quantitative estimate of drug-likeness (QED) is 0.833. The van der Waals surface area contributed by atoms with Crippen LogP contribution in [0.15, 0.2) is 24.3 Å². The van der Waals surface area contributed by atoms with Gasteiger partial charge in [0.15, 0.2) is 5.12 Å². The third kappa shape index (κ3) is 4.34. The maximum absolute atomic E-state index is 12.6. The highest BCUT2D eigenvalue weighted by Gasteiger charge is 2.35. The number of benzene rings is 1. The van der Waals surface area contributed by atoms with Crippen LogP contribution in [0, 0.1) is 5.92 Å². The van der Waals surface area contributed by atoms with E-state index < -0.39 is 17.9 Å². The summed E-state index contributed by atoms with van der Waals surface area (Å²) < 4.78 is 0. The lowest BCUT2D eigenvalue weighted by Crippen LogP contribution is -2.43. The molecule has 23 heavy (non-hydrogen) atoms. The van der Waals surface area contributed by atoms with E-state index in [1.165, 1.54) is 19.4 Å². The molecule has 0 aromatic heterocycles. The summed E-state index contributed by atoms with van der Waals surface area (Å²) in [5.41, 5.74) is 2.37. The molecule has 2 rings (SSSR count). The van der Waals surface area contributed by atoms with Crippen molar-refractivity contribution in [3.8, 4) is 0 Å². The zero-order valence-corrected chi connectivity index (χ0v) is 14.1. The molecule has 0 aliphatic heterocycles. The Kier molecular flexibility index (Phi) is 5.82. The van der Waals surface area contributed by atoms with Crippen molar-refractivity contribution in [2.24, 2.45) is 5.92 Å². The molecule has 0 heterocycles. The van der Waals surface area contributed by atoms with E-state index in [-0.39, 0.29) is 16.9 Å². The van der Waals surface area contributed by atoms with Gasteiger partial charge in [-0.3, -0.25) is 14.4 Å². The molecule has 1 aromatic carbocycles. The van der Waals surface area contributed by atoms with E-state index in [0.717, 1.165) is 30.2 Å². The predicted octanol–water partition coefficient (Wildman–Crippen LogP) is 2.20. The average Bonchev–Trinajstić information content (AvgIpc) is 2.91. The average molecular weight is 335 g/mol. The summed E-state index contributed by atoms with van der Waals surface area (Å²) in [5, 5.41) is 11.5. The van der Waals surface area contributed by atoms with E-state index in [4.69, 9.17) is 5.11 Å². The normalized spacial score (nSPS) is 18.8. The minimum atomic E-state index is -1.07. The van der Waals surface area contributed by atoms with Crippen LogP contribution in [0.5, 0.6) is 0 Å². The number of hydrogen-bond donors (Lipinski definition) is 2. The number of carbonyl (C=O) groups excluding carboxylic acids is 2. The van der Waals surface area contributed by atoms with Crippen LogP contribution in [0.3, 0.4) is 0 Å². The fraction of sp³-hybridized carbons (Fsp3) is 0.471. The first kappa shape index (κ1) is 17.5. The number of fused-ring (bicyclic) bond motifs is 1. The zero-order valence-electron chi connectivity index (χ0n) is 13.2. The number of amides is 1. The van der Waals surface area contributed by atoms with E-state index in [2.05, 4.69) is 11.4 Å². The number of carboxylic acids is 1.